The van der Waals surface area contributed by atoms with E-state index in [2.05, 4.69) is 15.5 Å². The molecule has 0 unspecified atom stereocenters. The van der Waals surface area contributed by atoms with Crippen molar-refractivity contribution in [3.8, 4) is 0 Å². The van der Waals surface area contributed by atoms with Gasteiger partial charge in [0.15, 0.2) is 0 Å². The maximum Gasteiger partial charge on any atom is 0.0924 e. The highest BCUT2D eigenvalue weighted by Crippen LogP contribution is 2.14. The maximum atomic E-state index is 8.62. The van der Waals surface area contributed by atoms with Crippen LogP contribution in [0.3, 0.4) is 0 Å². The Labute approximate surface area is 81.9 Å². The monoisotopic (exact) mass is 191 g/mol. The highest BCUT2D eigenvalue weighted by Gasteiger charge is 2.02. The van der Waals surface area contributed by atoms with Gasteiger partial charge in [-0.1, -0.05) is 18.2 Å². The highest BCUT2D eigenvalue weighted by atomic mass is 16.3. The maximum absolute atomic E-state index is 8.62. The van der Waals surface area contributed by atoms with Gasteiger partial charge in [0.25, 0.3) is 0 Å². The number of H-pyrrole nitrogens is 1. The average Bonchev–Trinajstić information content (AvgIpc) is 2.63. The molecule has 2 rings (SSSR count). The summed E-state index contributed by atoms with van der Waals surface area (Å²) in [6.07, 6.45) is 0. The third-order valence-electron chi connectivity index (χ3n) is 2.13. The molecule has 14 heavy (non-hydrogen) atoms. The largest absolute Gasteiger partial charge is 0.395 e. The van der Waals surface area contributed by atoms with Crippen molar-refractivity contribution in [3.63, 3.8) is 0 Å². The first-order chi connectivity index (χ1) is 6.92. The second kappa shape index (κ2) is 4.21. The van der Waals surface area contributed by atoms with E-state index in [1.54, 1.807) is 0 Å². The van der Waals surface area contributed by atoms with Gasteiger partial charge in [0.05, 0.1) is 17.8 Å². The molecule has 0 aliphatic carbocycles. The molecule has 0 radical (unpaired) electrons. The summed E-state index contributed by atoms with van der Waals surface area (Å²) in [6, 6.07) is 7.97. The zero-order valence-electron chi connectivity index (χ0n) is 7.83. The third-order valence-corrected chi connectivity index (χ3v) is 2.13. The molecule has 0 saturated heterocycles. The quantitative estimate of drug-likeness (QED) is 0.622. The Bertz CT molecular complexity index is 410. The van der Waals surface area contributed by atoms with E-state index in [0.29, 0.717) is 13.1 Å². The molecule has 3 N–H and O–H groups in total. The van der Waals surface area contributed by atoms with Crippen LogP contribution in [-0.4, -0.2) is 28.5 Å². The summed E-state index contributed by atoms with van der Waals surface area (Å²) in [5.74, 6) is 0. The Kier molecular flexibility index (Phi) is 2.76. The molecule has 0 amide bonds. The van der Waals surface area contributed by atoms with E-state index in [1.165, 1.54) is 0 Å². The van der Waals surface area contributed by atoms with Crippen molar-refractivity contribution in [2.45, 2.75) is 6.54 Å². The average molecular weight is 191 g/mol. The number of aromatic nitrogens is 2. The van der Waals surface area contributed by atoms with E-state index in [0.717, 1.165) is 16.6 Å². The second-order valence-electron chi connectivity index (χ2n) is 3.12. The number of para-hydroxylation sites is 1. The summed E-state index contributed by atoms with van der Waals surface area (Å²) in [7, 11) is 0. The number of aliphatic hydroxyl groups is 1. The van der Waals surface area contributed by atoms with Crippen LogP contribution < -0.4 is 5.32 Å². The van der Waals surface area contributed by atoms with Crippen molar-refractivity contribution in [3.05, 3.63) is 30.0 Å². The number of aromatic amines is 1. The Balaban J connectivity index is 2.17. The van der Waals surface area contributed by atoms with Crippen LogP contribution in [-0.2, 0) is 6.54 Å². The Morgan fingerprint density at radius 1 is 1.36 bits per heavy atom. The molecule has 0 atom stereocenters. The smallest absolute Gasteiger partial charge is 0.0924 e. The fraction of sp³-hybridized carbons (Fsp3) is 0.300. The molecule has 0 aliphatic rings. The molecular formula is C10H13N3O. The predicted octanol–water partition coefficient (Wildman–Crippen LogP) is 0.645. The van der Waals surface area contributed by atoms with Gasteiger partial charge in [-0.05, 0) is 6.07 Å². The van der Waals surface area contributed by atoms with Crippen LogP contribution in [0.15, 0.2) is 24.3 Å². The van der Waals surface area contributed by atoms with E-state index in [-0.39, 0.29) is 6.61 Å². The first kappa shape index (κ1) is 9.18. The molecule has 4 nitrogen and oxygen atoms in total. The number of fused-ring (bicyclic) bond motifs is 1. The fourth-order valence-corrected chi connectivity index (χ4v) is 1.44. The molecular weight excluding hydrogens is 178 g/mol. The van der Waals surface area contributed by atoms with Crippen LogP contribution in [0.5, 0.6) is 0 Å². The summed E-state index contributed by atoms with van der Waals surface area (Å²) in [6.45, 7) is 1.47. The standard InChI is InChI=1S/C10H13N3O/c14-6-5-11-7-10-8-3-1-2-4-9(8)12-13-10/h1-4,11,14H,5-7H2,(H,12,13). The lowest BCUT2D eigenvalue weighted by atomic mass is 10.2. The molecule has 0 aliphatic heterocycles. The Morgan fingerprint density at radius 2 is 2.21 bits per heavy atom. The van der Waals surface area contributed by atoms with Crippen LogP contribution in [0, 0.1) is 0 Å². The summed E-state index contributed by atoms with van der Waals surface area (Å²) >= 11 is 0. The van der Waals surface area contributed by atoms with Gasteiger partial charge in [-0.3, -0.25) is 5.10 Å². The third kappa shape index (κ3) is 1.76. The van der Waals surface area contributed by atoms with E-state index < -0.39 is 0 Å². The predicted molar refractivity (Wildman–Crippen MR) is 54.9 cm³/mol. The van der Waals surface area contributed by atoms with Crippen molar-refractivity contribution in [1.29, 1.82) is 0 Å². The molecule has 1 heterocycles. The molecule has 0 bridgehead atoms. The topological polar surface area (TPSA) is 60.9 Å². The highest BCUT2D eigenvalue weighted by molar-refractivity contribution is 5.80. The zero-order valence-corrected chi connectivity index (χ0v) is 7.83. The van der Waals surface area contributed by atoms with E-state index in [4.69, 9.17) is 5.11 Å². The van der Waals surface area contributed by atoms with Crippen molar-refractivity contribution in [1.82, 2.24) is 15.5 Å². The second-order valence-corrected chi connectivity index (χ2v) is 3.12. The van der Waals surface area contributed by atoms with Gasteiger partial charge in [0.1, 0.15) is 0 Å². The minimum Gasteiger partial charge on any atom is -0.395 e. The number of nitrogens with zero attached hydrogens (tertiary/aromatic N) is 1. The summed E-state index contributed by atoms with van der Waals surface area (Å²) in [4.78, 5) is 0. The minimum absolute atomic E-state index is 0.159. The zero-order chi connectivity index (χ0) is 9.80. The molecule has 74 valence electrons. The summed E-state index contributed by atoms with van der Waals surface area (Å²) in [5.41, 5.74) is 2.04. The van der Waals surface area contributed by atoms with Crippen LogP contribution in [0.2, 0.25) is 0 Å². The van der Waals surface area contributed by atoms with E-state index in [1.807, 2.05) is 24.3 Å². The number of rotatable bonds is 4. The SMILES string of the molecule is OCCNCc1[nH]nc2ccccc12. The van der Waals surface area contributed by atoms with Gasteiger partial charge >= 0.3 is 0 Å². The van der Waals surface area contributed by atoms with Gasteiger partial charge < -0.3 is 10.4 Å². The molecule has 2 aromatic rings. The first-order valence-corrected chi connectivity index (χ1v) is 4.65. The number of benzene rings is 1. The first-order valence-electron chi connectivity index (χ1n) is 4.65. The van der Waals surface area contributed by atoms with E-state index in [9.17, 15) is 0 Å². The number of aliphatic hydroxyl groups excluding tert-OH is 1. The lowest BCUT2D eigenvalue weighted by Crippen LogP contribution is -2.17. The Hall–Kier alpha value is -1.39. The van der Waals surface area contributed by atoms with Crippen LogP contribution in [0.4, 0.5) is 0 Å². The normalized spacial score (nSPS) is 10.9. The van der Waals surface area contributed by atoms with Crippen LogP contribution in [0.25, 0.3) is 10.9 Å². The van der Waals surface area contributed by atoms with Crippen LogP contribution >= 0.6 is 0 Å². The number of hydrogen-bond donors (Lipinski definition) is 3. The van der Waals surface area contributed by atoms with Crippen LogP contribution in [0.1, 0.15) is 5.69 Å². The molecule has 0 spiro atoms. The Morgan fingerprint density at radius 3 is 3.07 bits per heavy atom. The lowest BCUT2D eigenvalue weighted by molar-refractivity contribution is 0.292. The summed E-state index contributed by atoms with van der Waals surface area (Å²) < 4.78 is 0. The van der Waals surface area contributed by atoms with Crippen molar-refractivity contribution < 1.29 is 5.11 Å². The van der Waals surface area contributed by atoms with Crippen molar-refractivity contribution in [2.75, 3.05) is 13.2 Å². The van der Waals surface area contributed by atoms with Gasteiger partial charge in [0.2, 0.25) is 0 Å². The van der Waals surface area contributed by atoms with Gasteiger partial charge in [-0.25, -0.2) is 0 Å². The molecule has 4 heteroatoms. The van der Waals surface area contributed by atoms with Crippen molar-refractivity contribution in [2.24, 2.45) is 0 Å². The number of nitrogens with one attached hydrogen (secondary N) is 2. The number of hydrogen-bond acceptors (Lipinski definition) is 3. The minimum atomic E-state index is 0.159. The fourth-order valence-electron chi connectivity index (χ4n) is 1.44. The summed E-state index contributed by atoms with van der Waals surface area (Å²) in [5, 5.41) is 20.0. The molecule has 0 saturated carbocycles. The van der Waals surface area contributed by atoms with Gasteiger partial charge in [-0.15, -0.1) is 0 Å². The van der Waals surface area contributed by atoms with Gasteiger partial charge in [0, 0.05) is 18.5 Å². The molecule has 1 aromatic carbocycles. The molecule has 0 fully saturated rings. The lowest BCUT2D eigenvalue weighted by Gasteiger charge is -1.99. The van der Waals surface area contributed by atoms with Gasteiger partial charge in [-0.2, -0.15) is 5.10 Å². The van der Waals surface area contributed by atoms with E-state index >= 15 is 0 Å². The molecule has 1 aromatic heterocycles. The van der Waals surface area contributed by atoms with Crippen molar-refractivity contribution >= 4 is 10.9 Å².